The van der Waals surface area contributed by atoms with E-state index in [-0.39, 0.29) is 11.8 Å². The molecule has 0 aliphatic carbocycles. The average Bonchev–Trinajstić information content (AvgIpc) is 3.01. The van der Waals surface area contributed by atoms with Crippen LogP contribution in [0.4, 0.5) is 0 Å². The van der Waals surface area contributed by atoms with Gasteiger partial charge in [0.25, 0.3) is 5.91 Å². The number of hydrogen-bond acceptors (Lipinski definition) is 4. The summed E-state index contributed by atoms with van der Waals surface area (Å²) in [5.74, 6) is 0.679. The summed E-state index contributed by atoms with van der Waals surface area (Å²) in [4.78, 5) is 32.7. The van der Waals surface area contributed by atoms with Crippen molar-refractivity contribution < 1.29 is 9.59 Å². The number of imidazole rings is 1. The van der Waals surface area contributed by atoms with Crippen LogP contribution in [0.25, 0.3) is 5.65 Å². The predicted molar refractivity (Wildman–Crippen MR) is 123 cm³/mol. The number of carbonyl (C=O) groups is 2. The second kappa shape index (κ2) is 10.5. The van der Waals surface area contributed by atoms with E-state index in [4.69, 9.17) is 0 Å². The van der Waals surface area contributed by atoms with E-state index in [9.17, 15) is 9.59 Å². The minimum absolute atomic E-state index is 0.136. The Morgan fingerprint density at radius 3 is 2.58 bits per heavy atom. The number of nitrogens with zero attached hydrogens (tertiary/aromatic N) is 3. The number of amides is 2. The van der Waals surface area contributed by atoms with Gasteiger partial charge in [-0.3, -0.25) is 9.59 Å². The number of nitrogens with one attached hydrogen (secondary N) is 1. The molecule has 1 aliphatic rings. The summed E-state index contributed by atoms with van der Waals surface area (Å²) in [5.41, 5.74) is 2.52. The molecule has 6 nitrogen and oxygen atoms in total. The molecule has 4 rings (SSSR count). The summed E-state index contributed by atoms with van der Waals surface area (Å²) in [6.07, 6.45) is 8.89. The number of likely N-dealkylation sites (tertiary alicyclic amines) is 1. The quantitative estimate of drug-likeness (QED) is 0.565. The first-order valence-electron chi connectivity index (χ1n) is 10.9. The number of thioether (sulfide) groups is 1. The maximum atomic E-state index is 12.8. The van der Waals surface area contributed by atoms with Crippen molar-refractivity contribution >= 4 is 29.2 Å². The van der Waals surface area contributed by atoms with Crippen molar-refractivity contribution in [2.75, 3.05) is 19.6 Å². The van der Waals surface area contributed by atoms with Gasteiger partial charge in [-0.15, -0.1) is 11.8 Å². The van der Waals surface area contributed by atoms with Crippen molar-refractivity contribution in [3.63, 3.8) is 0 Å². The normalized spacial score (nSPS) is 14.4. The van der Waals surface area contributed by atoms with Crippen LogP contribution in [0.15, 0.2) is 59.8 Å². The molecule has 1 aromatic carbocycles. The van der Waals surface area contributed by atoms with Crippen LogP contribution in [0.2, 0.25) is 0 Å². The molecule has 1 aliphatic heterocycles. The zero-order valence-corrected chi connectivity index (χ0v) is 18.4. The van der Waals surface area contributed by atoms with Crippen molar-refractivity contribution in [3.8, 4) is 0 Å². The summed E-state index contributed by atoms with van der Waals surface area (Å²) < 4.78 is 2.00. The van der Waals surface area contributed by atoms with E-state index in [1.807, 2.05) is 64.2 Å². The molecule has 3 heterocycles. The van der Waals surface area contributed by atoms with Gasteiger partial charge < -0.3 is 14.6 Å². The predicted octanol–water partition coefficient (Wildman–Crippen LogP) is 4.15. The lowest BCUT2D eigenvalue weighted by atomic mass is 10.2. The third kappa shape index (κ3) is 5.67. The van der Waals surface area contributed by atoms with Crippen molar-refractivity contribution in [1.82, 2.24) is 19.6 Å². The van der Waals surface area contributed by atoms with Crippen LogP contribution in [0.1, 0.15) is 48.2 Å². The van der Waals surface area contributed by atoms with E-state index < -0.39 is 0 Å². The minimum Gasteiger partial charge on any atom is -0.351 e. The van der Waals surface area contributed by atoms with Gasteiger partial charge in [-0.1, -0.05) is 31.0 Å². The lowest BCUT2D eigenvalue weighted by molar-refractivity contribution is -0.131. The third-order valence-corrected chi connectivity index (χ3v) is 6.61. The number of carbonyl (C=O) groups excluding carboxylic acids is 2. The van der Waals surface area contributed by atoms with Gasteiger partial charge in [0.1, 0.15) is 5.65 Å². The molecule has 0 bridgehead atoms. The number of aromatic nitrogens is 2. The van der Waals surface area contributed by atoms with Gasteiger partial charge in [0.15, 0.2) is 0 Å². The SMILES string of the molecule is O=C(NCCC(=O)N1CCCCCC1)c1ccccc1SCc1cn2ccccc2n1. The fourth-order valence-corrected chi connectivity index (χ4v) is 4.78. The zero-order valence-electron chi connectivity index (χ0n) is 17.6. The van der Waals surface area contributed by atoms with E-state index in [0.29, 0.717) is 24.3 Å². The Morgan fingerprint density at radius 2 is 1.77 bits per heavy atom. The smallest absolute Gasteiger partial charge is 0.252 e. The topological polar surface area (TPSA) is 66.7 Å². The largest absolute Gasteiger partial charge is 0.351 e. The summed E-state index contributed by atoms with van der Waals surface area (Å²) in [6, 6.07) is 13.5. The fourth-order valence-electron chi connectivity index (χ4n) is 3.84. The van der Waals surface area contributed by atoms with E-state index in [2.05, 4.69) is 10.3 Å². The molecule has 0 spiro atoms. The van der Waals surface area contributed by atoms with Gasteiger partial charge in [-0.05, 0) is 37.1 Å². The molecule has 31 heavy (non-hydrogen) atoms. The Balaban J connectivity index is 1.31. The van der Waals surface area contributed by atoms with Crippen LogP contribution in [0, 0.1) is 0 Å². The van der Waals surface area contributed by atoms with Crippen LogP contribution in [-0.2, 0) is 10.5 Å². The van der Waals surface area contributed by atoms with Crippen molar-refractivity contribution in [2.45, 2.75) is 42.8 Å². The molecule has 0 unspecified atom stereocenters. The first kappa shape index (κ1) is 21.4. The number of fused-ring (bicyclic) bond motifs is 1. The molecular formula is C24H28N4O2S. The van der Waals surface area contributed by atoms with Crippen LogP contribution >= 0.6 is 11.8 Å². The van der Waals surface area contributed by atoms with Gasteiger partial charge >= 0.3 is 0 Å². The van der Waals surface area contributed by atoms with Crippen molar-refractivity contribution in [1.29, 1.82) is 0 Å². The Labute approximate surface area is 187 Å². The maximum absolute atomic E-state index is 12.8. The molecule has 0 radical (unpaired) electrons. The highest BCUT2D eigenvalue weighted by Gasteiger charge is 2.16. The molecule has 7 heteroatoms. The molecule has 1 saturated heterocycles. The van der Waals surface area contributed by atoms with E-state index in [1.54, 1.807) is 11.8 Å². The minimum atomic E-state index is -0.137. The highest BCUT2D eigenvalue weighted by molar-refractivity contribution is 7.98. The number of rotatable bonds is 7. The van der Waals surface area contributed by atoms with Crippen LogP contribution in [-0.4, -0.2) is 45.7 Å². The Morgan fingerprint density at radius 1 is 1.00 bits per heavy atom. The molecule has 2 aromatic heterocycles. The maximum Gasteiger partial charge on any atom is 0.252 e. The van der Waals surface area contributed by atoms with E-state index >= 15 is 0 Å². The molecule has 1 N–H and O–H groups in total. The van der Waals surface area contributed by atoms with Gasteiger partial charge in [0, 0.05) is 49.1 Å². The number of hydrogen-bond donors (Lipinski definition) is 1. The second-order valence-electron chi connectivity index (χ2n) is 7.78. The summed E-state index contributed by atoms with van der Waals surface area (Å²) in [6.45, 7) is 2.05. The van der Waals surface area contributed by atoms with Crippen LogP contribution in [0.5, 0.6) is 0 Å². The van der Waals surface area contributed by atoms with Crippen LogP contribution in [0.3, 0.4) is 0 Å². The highest BCUT2D eigenvalue weighted by Crippen LogP contribution is 2.26. The molecule has 0 atom stereocenters. The van der Waals surface area contributed by atoms with Gasteiger partial charge in [-0.25, -0.2) is 4.98 Å². The van der Waals surface area contributed by atoms with Crippen molar-refractivity contribution in [2.24, 2.45) is 0 Å². The zero-order chi connectivity index (χ0) is 21.5. The highest BCUT2D eigenvalue weighted by atomic mass is 32.2. The molecular weight excluding hydrogens is 408 g/mol. The second-order valence-corrected chi connectivity index (χ2v) is 8.80. The monoisotopic (exact) mass is 436 g/mol. The molecule has 162 valence electrons. The average molecular weight is 437 g/mol. The Bertz CT molecular complexity index is 1010. The van der Waals surface area contributed by atoms with Gasteiger partial charge in [-0.2, -0.15) is 0 Å². The summed E-state index contributed by atoms with van der Waals surface area (Å²) >= 11 is 1.60. The van der Waals surface area contributed by atoms with Crippen LogP contribution < -0.4 is 5.32 Å². The summed E-state index contributed by atoms with van der Waals surface area (Å²) in [5, 5.41) is 2.93. The van der Waals surface area contributed by atoms with Crippen molar-refractivity contribution in [3.05, 3.63) is 66.1 Å². The first-order chi connectivity index (χ1) is 15.2. The Kier molecular flexibility index (Phi) is 7.25. The van der Waals surface area contributed by atoms with Gasteiger partial charge in [0.2, 0.25) is 5.91 Å². The first-order valence-corrected chi connectivity index (χ1v) is 11.9. The van der Waals surface area contributed by atoms with E-state index in [1.165, 1.54) is 12.8 Å². The molecule has 0 saturated carbocycles. The summed E-state index contributed by atoms with van der Waals surface area (Å²) in [7, 11) is 0. The molecule has 2 amide bonds. The standard InChI is InChI=1S/C24H28N4O2S/c29-23(27-14-6-1-2-7-15-27)12-13-25-24(30)20-9-3-4-10-21(20)31-18-19-17-28-16-8-5-11-22(28)26-19/h3-5,8-11,16-17H,1-2,6-7,12-15,18H2,(H,25,30). The third-order valence-electron chi connectivity index (χ3n) is 5.50. The lowest BCUT2D eigenvalue weighted by Crippen LogP contribution is -2.35. The Hall–Kier alpha value is -2.80. The molecule has 1 fully saturated rings. The molecule has 3 aromatic rings. The number of pyridine rings is 1. The van der Waals surface area contributed by atoms with E-state index in [0.717, 1.165) is 42.2 Å². The van der Waals surface area contributed by atoms with Gasteiger partial charge in [0.05, 0.1) is 11.3 Å². The fraction of sp³-hybridized carbons (Fsp3) is 0.375. The number of benzene rings is 1. The lowest BCUT2D eigenvalue weighted by Gasteiger charge is -2.20.